The zero-order valence-electron chi connectivity index (χ0n) is 12.1. The van der Waals surface area contributed by atoms with Gasteiger partial charge < -0.3 is 10.1 Å². The molecule has 1 N–H and O–H groups in total. The minimum Gasteiger partial charge on any atom is -0.381 e. The molecule has 0 aliphatic carbocycles. The fourth-order valence-electron chi connectivity index (χ4n) is 2.09. The number of unbranched alkanes of at least 4 members (excludes halogenated alkanes) is 1. The first-order valence-corrected chi connectivity index (χ1v) is 8.11. The Morgan fingerprint density at radius 1 is 1.26 bits per heavy atom. The molecule has 1 unspecified atom stereocenters. The van der Waals surface area contributed by atoms with Gasteiger partial charge in [-0.1, -0.05) is 48.3 Å². The molecule has 0 radical (unpaired) electrons. The van der Waals surface area contributed by atoms with Gasteiger partial charge in [0.05, 0.1) is 0 Å². The summed E-state index contributed by atoms with van der Waals surface area (Å²) in [6.07, 6.45) is 4.50. The fourth-order valence-corrected chi connectivity index (χ4v) is 2.53. The molecule has 0 aromatic heterocycles. The third-order valence-corrected chi connectivity index (χ3v) is 3.61. The van der Waals surface area contributed by atoms with Crippen molar-refractivity contribution in [3.05, 3.63) is 34.3 Å². The quantitative estimate of drug-likeness (QED) is 0.651. The van der Waals surface area contributed by atoms with Gasteiger partial charge in [-0.05, 0) is 43.5 Å². The summed E-state index contributed by atoms with van der Waals surface area (Å²) >= 11 is 3.53. The van der Waals surface area contributed by atoms with Gasteiger partial charge in [0.25, 0.3) is 0 Å². The summed E-state index contributed by atoms with van der Waals surface area (Å²) in [6, 6.07) is 9.05. The van der Waals surface area contributed by atoms with Gasteiger partial charge in [0.15, 0.2) is 0 Å². The first-order valence-electron chi connectivity index (χ1n) is 7.31. The van der Waals surface area contributed by atoms with Crippen LogP contribution >= 0.6 is 15.9 Å². The highest BCUT2D eigenvalue weighted by atomic mass is 79.9. The number of hydrogen-bond acceptors (Lipinski definition) is 2. The van der Waals surface area contributed by atoms with Crippen LogP contribution in [0.25, 0.3) is 0 Å². The van der Waals surface area contributed by atoms with Crippen LogP contribution in [0.2, 0.25) is 0 Å². The maximum atomic E-state index is 5.66. The number of likely N-dealkylation sites (N-methyl/N-ethyl adjacent to an activating group) is 1. The van der Waals surface area contributed by atoms with E-state index < -0.39 is 0 Å². The van der Waals surface area contributed by atoms with E-state index in [9.17, 15) is 0 Å². The van der Waals surface area contributed by atoms with Crippen LogP contribution in [0.5, 0.6) is 0 Å². The molecule has 0 fully saturated rings. The monoisotopic (exact) mass is 327 g/mol. The zero-order chi connectivity index (χ0) is 13.9. The molecule has 2 nitrogen and oxygen atoms in total. The summed E-state index contributed by atoms with van der Waals surface area (Å²) in [5.41, 5.74) is 1.37. The first-order chi connectivity index (χ1) is 9.26. The summed E-state index contributed by atoms with van der Waals surface area (Å²) in [7, 11) is 0. The molecule has 1 aromatic rings. The van der Waals surface area contributed by atoms with Crippen LogP contribution in [-0.2, 0) is 11.2 Å². The Kier molecular flexibility index (Phi) is 9.14. The molecule has 0 saturated heterocycles. The Morgan fingerprint density at radius 2 is 2.11 bits per heavy atom. The standard InChI is InChI=1S/C16H26BrNO/c1-3-5-10-19-11-9-16(18-4-2)13-14-7-6-8-15(17)12-14/h6-8,12,16,18H,3-5,9-11,13H2,1-2H3. The maximum Gasteiger partial charge on any atom is 0.0480 e. The van der Waals surface area contributed by atoms with Crippen molar-refractivity contribution in [1.29, 1.82) is 0 Å². The Morgan fingerprint density at radius 3 is 2.79 bits per heavy atom. The van der Waals surface area contributed by atoms with Gasteiger partial charge >= 0.3 is 0 Å². The molecule has 0 bridgehead atoms. The van der Waals surface area contributed by atoms with Crippen molar-refractivity contribution in [2.24, 2.45) is 0 Å². The number of hydrogen-bond donors (Lipinski definition) is 1. The highest BCUT2D eigenvalue weighted by molar-refractivity contribution is 9.10. The van der Waals surface area contributed by atoms with Gasteiger partial charge in [-0.2, -0.15) is 0 Å². The lowest BCUT2D eigenvalue weighted by Crippen LogP contribution is -2.32. The van der Waals surface area contributed by atoms with Gasteiger partial charge in [0.2, 0.25) is 0 Å². The molecule has 108 valence electrons. The van der Waals surface area contributed by atoms with E-state index in [0.717, 1.165) is 43.5 Å². The van der Waals surface area contributed by atoms with Crippen molar-refractivity contribution in [1.82, 2.24) is 5.32 Å². The van der Waals surface area contributed by atoms with E-state index in [2.05, 4.69) is 59.4 Å². The summed E-state index contributed by atoms with van der Waals surface area (Å²) in [5.74, 6) is 0. The van der Waals surface area contributed by atoms with Crippen LogP contribution in [0.4, 0.5) is 0 Å². The highest BCUT2D eigenvalue weighted by Crippen LogP contribution is 2.14. The molecule has 0 spiro atoms. The molecule has 0 amide bonds. The lowest BCUT2D eigenvalue weighted by atomic mass is 10.0. The predicted octanol–water partition coefficient (Wildman–Crippen LogP) is 4.18. The van der Waals surface area contributed by atoms with Gasteiger partial charge in [0, 0.05) is 23.7 Å². The highest BCUT2D eigenvalue weighted by Gasteiger charge is 2.08. The van der Waals surface area contributed by atoms with E-state index in [1.807, 2.05) is 0 Å². The summed E-state index contributed by atoms with van der Waals surface area (Å²) in [6.45, 7) is 7.11. The summed E-state index contributed by atoms with van der Waals surface area (Å²) < 4.78 is 6.82. The normalized spacial score (nSPS) is 12.6. The second-order valence-electron chi connectivity index (χ2n) is 4.84. The van der Waals surface area contributed by atoms with Crippen molar-refractivity contribution in [3.63, 3.8) is 0 Å². The summed E-state index contributed by atoms with van der Waals surface area (Å²) in [5, 5.41) is 3.55. The number of benzene rings is 1. The molecule has 3 heteroatoms. The predicted molar refractivity (Wildman–Crippen MR) is 85.7 cm³/mol. The second kappa shape index (κ2) is 10.4. The van der Waals surface area contributed by atoms with Crippen LogP contribution in [0, 0.1) is 0 Å². The Balaban J connectivity index is 2.35. The van der Waals surface area contributed by atoms with Crippen LogP contribution in [-0.4, -0.2) is 25.8 Å². The fraction of sp³-hybridized carbons (Fsp3) is 0.625. The molecule has 1 aromatic carbocycles. The average Bonchev–Trinajstić information content (AvgIpc) is 2.38. The molecular formula is C16H26BrNO. The van der Waals surface area contributed by atoms with E-state index >= 15 is 0 Å². The van der Waals surface area contributed by atoms with Crippen LogP contribution in [0.15, 0.2) is 28.7 Å². The van der Waals surface area contributed by atoms with Crippen molar-refractivity contribution in [2.75, 3.05) is 19.8 Å². The smallest absolute Gasteiger partial charge is 0.0480 e. The minimum atomic E-state index is 0.501. The second-order valence-corrected chi connectivity index (χ2v) is 5.76. The SMILES string of the molecule is CCCCOCCC(Cc1cccc(Br)c1)NCC. The van der Waals surface area contributed by atoms with Crippen molar-refractivity contribution in [3.8, 4) is 0 Å². The Labute approximate surface area is 126 Å². The topological polar surface area (TPSA) is 21.3 Å². The van der Waals surface area contributed by atoms with Crippen LogP contribution in [0.3, 0.4) is 0 Å². The molecule has 0 aliphatic rings. The van der Waals surface area contributed by atoms with Crippen molar-refractivity contribution >= 4 is 15.9 Å². The molecular weight excluding hydrogens is 302 g/mol. The van der Waals surface area contributed by atoms with E-state index in [1.54, 1.807) is 0 Å². The third kappa shape index (κ3) is 7.71. The molecule has 1 rings (SSSR count). The van der Waals surface area contributed by atoms with E-state index in [-0.39, 0.29) is 0 Å². The van der Waals surface area contributed by atoms with E-state index in [1.165, 1.54) is 12.0 Å². The van der Waals surface area contributed by atoms with Crippen LogP contribution < -0.4 is 5.32 Å². The molecule has 0 saturated carbocycles. The first kappa shape index (κ1) is 16.7. The van der Waals surface area contributed by atoms with Gasteiger partial charge in [-0.25, -0.2) is 0 Å². The van der Waals surface area contributed by atoms with Crippen molar-refractivity contribution in [2.45, 2.75) is 45.6 Å². The lowest BCUT2D eigenvalue weighted by Gasteiger charge is -2.18. The molecule has 1 atom stereocenters. The van der Waals surface area contributed by atoms with Gasteiger partial charge in [-0.15, -0.1) is 0 Å². The number of nitrogens with one attached hydrogen (secondary N) is 1. The van der Waals surface area contributed by atoms with Crippen LogP contribution in [0.1, 0.15) is 38.7 Å². The largest absolute Gasteiger partial charge is 0.381 e. The van der Waals surface area contributed by atoms with E-state index in [0.29, 0.717) is 6.04 Å². The zero-order valence-corrected chi connectivity index (χ0v) is 13.7. The third-order valence-electron chi connectivity index (χ3n) is 3.12. The van der Waals surface area contributed by atoms with Gasteiger partial charge in [0.1, 0.15) is 0 Å². The minimum absolute atomic E-state index is 0.501. The summed E-state index contributed by atoms with van der Waals surface area (Å²) in [4.78, 5) is 0. The Bertz CT molecular complexity index is 343. The number of halogens is 1. The molecule has 0 heterocycles. The van der Waals surface area contributed by atoms with Crippen molar-refractivity contribution < 1.29 is 4.74 Å². The van der Waals surface area contributed by atoms with Gasteiger partial charge in [-0.3, -0.25) is 0 Å². The lowest BCUT2D eigenvalue weighted by molar-refractivity contribution is 0.121. The number of ether oxygens (including phenoxy) is 1. The molecule has 19 heavy (non-hydrogen) atoms. The Hall–Kier alpha value is -0.380. The average molecular weight is 328 g/mol. The maximum absolute atomic E-state index is 5.66. The number of rotatable bonds is 10. The van der Waals surface area contributed by atoms with E-state index in [4.69, 9.17) is 4.74 Å². The molecule has 0 aliphatic heterocycles.